The average Bonchev–Trinajstić information content (AvgIpc) is 2.51. The van der Waals surface area contributed by atoms with Gasteiger partial charge in [0.25, 0.3) is 5.91 Å². The number of carbonyl (C=O) groups excluding carboxylic acids is 1. The molecule has 0 aromatic carbocycles. The van der Waals surface area contributed by atoms with Crippen molar-refractivity contribution in [1.82, 2.24) is 10.6 Å². The van der Waals surface area contributed by atoms with Gasteiger partial charge in [-0.2, -0.15) is 5.10 Å². The van der Waals surface area contributed by atoms with Crippen LogP contribution in [-0.4, -0.2) is 16.8 Å². The first-order valence-corrected chi connectivity index (χ1v) is 3.41. The van der Waals surface area contributed by atoms with E-state index in [2.05, 4.69) is 20.2 Å². The summed E-state index contributed by atoms with van der Waals surface area (Å²) in [6.07, 6.45) is 2.59. The van der Waals surface area contributed by atoms with Crippen molar-refractivity contribution in [2.75, 3.05) is 0 Å². The monoisotopic (exact) mass is 167 g/mol. The Bertz CT molecular complexity index is 286. The van der Waals surface area contributed by atoms with Crippen LogP contribution >= 0.6 is 0 Å². The van der Waals surface area contributed by atoms with Crippen molar-refractivity contribution in [3.8, 4) is 0 Å². The van der Waals surface area contributed by atoms with E-state index in [1.165, 1.54) is 12.5 Å². The third-order valence-corrected chi connectivity index (χ3v) is 1.08. The summed E-state index contributed by atoms with van der Waals surface area (Å²) in [5.41, 5.74) is 3.47. The van der Waals surface area contributed by atoms with E-state index in [0.717, 1.165) is 5.71 Å². The van der Waals surface area contributed by atoms with Crippen molar-refractivity contribution in [3.05, 3.63) is 18.0 Å². The Morgan fingerprint density at radius 2 is 2.42 bits per heavy atom. The van der Waals surface area contributed by atoms with E-state index in [0.29, 0.717) is 5.56 Å². The van der Waals surface area contributed by atoms with Crippen LogP contribution in [0.5, 0.6) is 0 Å². The molecule has 5 nitrogen and oxygen atoms in total. The van der Waals surface area contributed by atoms with Gasteiger partial charge in [-0.3, -0.25) is 4.79 Å². The first-order valence-electron chi connectivity index (χ1n) is 3.41. The quantitative estimate of drug-likeness (QED) is 0.523. The van der Waals surface area contributed by atoms with Crippen LogP contribution in [0.3, 0.4) is 0 Å². The molecule has 0 aliphatic heterocycles. The molecule has 0 saturated carbocycles. The number of amides is 1. The van der Waals surface area contributed by atoms with Gasteiger partial charge in [-0.25, -0.2) is 5.43 Å². The minimum absolute atomic E-state index is 0.322. The zero-order valence-corrected chi connectivity index (χ0v) is 6.87. The number of aromatic nitrogens is 1. The van der Waals surface area contributed by atoms with E-state index >= 15 is 0 Å². The highest BCUT2D eigenvalue weighted by Crippen LogP contribution is 1.94. The number of rotatable bonds is 2. The lowest BCUT2D eigenvalue weighted by Crippen LogP contribution is -2.17. The van der Waals surface area contributed by atoms with Crippen molar-refractivity contribution < 1.29 is 9.32 Å². The van der Waals surface area contributed by atoms with Crippen LogP contribution in [0.1, 0.15) is 24.2 Å². The van der Waals surface area contributed by atoms with E-state index < -0.39 is 0 Å². The number of carbonyl (C=O) groups is 1. The summed E-state index contributed by atoms with van der Waals surface area (Å²) in [4.78, 5) is 11.1. The van der Waals surface area contributed by atoms with Gasteiger partial charge in [0.15, 0.2) is 0 Å². The third-order valence-electron chi connectivity index (χ3n) is 1.08. The molecule has 5 heteroatoms. The summed E-state index contributed by atoms with van der Waals surface area (Å²) < 4.78 is 4.48. The van der Waals surface area contributed by atoms with E-state index in [1.54, 1.807) is 13.8 Å². The predicted molar refractivity (Wildman–Crippen MR) is 42.8 cm³/mol. The van der Waals surface area contributed by atoms with Crippen LogP contribution < -0.4 is 5.43 Å². The van der Waals surface area contributed by atoms with E-state index in [4.69, 9.17) is 0 Å². The normalized spacial score (nSPS) is 9.17. The Kier molecular flexibility index (Phi) is 2.57. The second-order valence-corrected chi connectivity index (χ2v) is 2.41. The van der Waals surface area contributed by atoms with Crippen LogP contribution in [-0.2, 0) is 0 Å². The summed E-state index contributed by atoms with van der Waals surface area (Å²) in [5, 5.41) is 7.11. The van der Waals surface area contributed by atoms with Crippen molar-refractivity contribution in [1.29, 1.82) is 0 Å². The summed E-state index contributed by atoms with van der Waals surface area (Å²) in [6, 6.07) is 0. The first-order chi connectivity index (χ1) is 5.70. The SMILES string of the molecule is CC(C)=NNC(=O)c1cnoc1. The molecule has 64 valence electrons. The number of hydrazone groups is 1. The Labute approximate surface area is 69.4 Å². The minimum Gasteiger partial charge on any atom is -0.364 e. The maximum absolute atomic E-state index is 11.1. The molecule has 12 heavy (non-hydrogen) atoms. The highest BCUT2D eigenvalue weighted by molar-refractivity contribution is 5.94. The molecule has 1 amide bonds. The maximum atomic E-state index is 11.1. The first kappa shape index (κ1) is 8.45. The Morgan fingerprint density at radius 1 is 1.67 bits per heavy atom. The molecule has 0 radical (unpaired) electrons. The number of hydrogen-bond acceptors (Lipinski definition) is 4. The lowest BCUT2D eigenvalue weighted by atomic mass is 10.4. The van der Waals surface area contributed by atoms with Gasteiger partial charge >= 0.3 is 0 Å². The zero-order chi connectivity index (χ0) is 8.97. The Balaban J connectivity index is 2.57. The molecular formula is C7H9N3O2. The Morgan fingerprint density at radius 3 is 2.92 bits per heavy atom. The summed E-state index contributed by atoms with van der Waals surface area (Å²) in [6.45, 7) is 3.57. The number of nitrogens with zero attached hydrogens (tertiary/aromatic N) is 2. The van der Waals surface area contributed by atoms with Gasteiger partial charge < -0.3 is 4.52 Å². The molecular weight excluding hydrogens is 158 g/mol. The smallest absolute Gasteiger partial charge is 0.276 e. The van der Waals surface area contributed by atoms with Gasteiger partial charge in [-0.1, -0.05) is 5.16 Å². The minimum atomic E-state index is -0.322. The zero-order valence-electron chi connectivity index (χ0n) is 6.87. The predicted octanol–water partition coefficient (Wildman–Crippen LogP) is 0.800. The lowest BCUT2D eigenvalue weighted by Gasteiger charge is -1.94. The molecule has 0 aliphatic rings. The van der Waals surface area contributed by atoms with Crippen molar-refractivity contribution in [2.45, 2.75) is 13.8 Å². The standard InChI is InChI=1S/C7H9N3O2/c1-5(2)9-10-7(11)6-3-8-12-4-6/h3-4H,1-2H3,(H,10,11). The van der Waals surface area contributed by atoms with Crippen molar-refractivity contribution >= 4 is 11.6 Å². The fraction of sp³-hybridized carbons (Fsp3) is 0.286. The highest BCUT2D eigenvalue weighted by atomic mass is 16.5. The molecule has 0 atom stereocenters. The molecule has 0 aliphatic carbocycles. The second kappa shape index (κ2) is 3.66. The van der Waals surface area contributed by atoms with Crippen LogP contribution in [0.4, 0.5) is 0 Å². The molecule has 0 unspecified atom stereocenters. The maximum Gasteiger partial charge on any atom is 0.276 e. The molecule has 1 rings (SSSR count). The van der Waals surface area contributed by atoms with Crippen LogP contribution in [0, 0.1) is 0 Å². The third kappa shape index (κ3) is 2.19. The second-order valence-electron chi connectivity index (χ2n) is 2.41. The van der Waals surface area contributed by atoms with Crippen LogP contribution in [0.25, 0.3) is 0 Å². The van der Waals surface area contributed by atoms with Gasteiger partial charge in [0, 0.05) is 5.71 Å². The summed E-state index contributed by atoms with van der Waals surface area (Å²) in [5.74, 6) is -0.322. The molecule has 1 heterocycles. The molecule has 0 spiro atoms. The summed E-state index contributed by atoms with van der Waals surface area (Å²) in [7, 11) is 0. The van der Waals surface area contributed by atoms with E-state index in [1.807, 2.05) is 0 Å². The molecule has 0 bridgehead atoms. The molecule has 1 N–H and O–H groups in total. The molecule has 0 saturated heterocycles. The topological polar surface area (TPSA) is 67.5 Å². The fourth-order valence-corrected chi connectivity index (χ4v) is 0.544. The van der Waals surface area contributed by atoms with E-state index in [-0.39, 0.29) is 5.91 Å². The van der Waals surface area contributed by atoms with Gasteiger partial charge in [0.2, 0.25) is 0 Å². The summed E-state index contributed by atoms with van der Waals surface area (Å²) >= 11 is 0. The fourth-order valence-electron chi connectivity index (χ4n) is 0.544. The largest absolute Gasteiger partial charge is 0.364 e. The van der Waals surface area contributed by atoms with Crippen LogP contribution in [0.2, 0.25) is 0 Å². The van der Waals surface area contributed by atoms with Gasteiger partial charge in [-0.15, -0.1) is 0 Å². The number of nitrogens with one attached hydrogen (secondary N) is 1. The lowest BCUT2D eigenvalue weighted by molar-refractivity contribution is 0.0954. The van der Waals surface area contributed by atoms with E-state index in [9.17, 15) is 4.79 Å². The van der Waals surface area contributed by atoms with Crippen LogP contribution in [0.15, 0.2) is 22.1 Å². The van der Waals surface area contributed by atoms with Crippen molar-refractivity contribution in [3.63, 3.8) is 0 Å². The highest BCUT2D eigenvalue weighted by Gasteiger charge is 2.05. The average molecular weight is 167 g/mol. The Hall–Kier alpha value is -1.65. The van der Waals surface area contributed by atoms with Gasteiger partial charge in [0.1, 0.15) is 11.8 Å². The van der Waals surface area contributed by atoms with Gasteiger partial charge in [-0.05, 0) is 13.8 Å². The molecule has 1 aromatic rings. The number of hydrogen-bond donors (Lipinski definition) is 1. The molecule has 0 fully saturated rings. The van der Waals surface area contributed by atoms with Gasteiger partial charge in [0.05, 0.1) is 6.20 Å². The van der Waals surface area contributed by atoms with Crippen molar-refractivity contribution in [2.24, 2.45) is 5.10 Å². The molecule has 1 aromatic heterocycles.